The van der Waals surface area contributed by atoms with Crippen molar-refractivity contribution >= 4 is 0 Å². The number of hydrogen-bond acceptors (Lipinski definition) is 4. The molecule has 0 aromatic carbocycles. The SMILES string of the molecule is Cc1noc(C)c1C(C)NCC1CCC2(CCCCC2)O1. The Morgan fingerprint density at radius 2 is 2.00 bits per heavy atom. The van der Waals surface area contributed by atoms with Gasteiger partial charge in [0.1, 0.15) is 5.76 Å². The summed E-state index contributed by atoms with van der Waals surface area (Å²) in [5.41, 5.74) is 2.40. The quantitative estimate of drug-likeness (QED) is 0.916. The van der Waals surface area contributed by atoms with Gasteiger partial charge in [-0.2, -0.15) is 0 Å². The van der Waals surface area contributed by atoms with Crippen LogP contribution in [0.1, 0.15) is 74.9 Å². The van der Waals surface area contributed by atoms with E-state index < -0.39 is 0 Å². The van der Waals surface area contributed by atoms with Crippen LogP contribution in [-0.4, -0.2) is 23.4 Å². The van der Waals surface area contributed by atoms with Crippen molar-refractivity contribution in [2.75, 3.05) is 6.54 Å². The summed E-state index contributed by atoms with van der Waals surface area (Å²) in [5, 5.41) is 7.64. The smallest absolute Gasteiger partial charge is 0.138 e. The lowest BCUT2D eigenvalue weighted by molar-refractivity contribution is -0.0628. The Morgan fingerprint density at radius 3 is 2.67 bits per heavy atom. The molecule has 1 aromatic heterocycles. The molecule has 1 saturated heterocycles. The van der Waals surface area contributed by atoms with Crippen LogP contribution in [0, 0.1) is 13.8 Å². The maximum absolute atomic E-state index is 6.42. The van der Waals surface area contributed by atoms with Crippen LogP contribution in [0.2, 0.25) is 0 Å². The fourth-order valence-electron chi connectivity index (χ4n) is 4.12. The number of rotatable bonds is 4. The molecule has 1 aromatic rings. The van der Waals surface area contributed by atoms with E-state index >= 15 is 0 Å². The van der Waals surface area contributed by atoms with Crippen molar-refractivity contribution in [3.63, 3.8) is 0 Å². The molecule has 1 N–H and O–H groups in total. The van der Waals surface area contributed by atoms with Crippen molar-refractivity contribution in [1.29, 1.82) is 0 Å². The van der Waals surface area contributed by atoms with E-state index in [-0.39, 0.29) is 11.6 Å². The average molecular weight is 292 g/mol. The molecule has 2 heterocycles. The lowest BCUT2D eigenvalue weighted by Gasteiger charge is -2.33. The fourth-order valence-corrected chi connectivity index (χ4v) is 4.12. The summed E-state index contributed by atoms with van der Waals surface area (Å²) in [6.07, 6.45) is 9.42. The third kappa shape index (κ3) is 3.16. The Bertz CT molecular complexity index is 458. The van der Waals surface area contributed by atoms with Gasteiger partial charge in [0, 0.05) is 18.2 Å². The van der Waals surface area contributed by atoms with Gasteiger partial charge in [0.2, 0.25) is 0 Å². The second kappa shape index (κ2) is 6.09. The van der Waals surface area contributed by atoms with Gasteiger partial charge < -0.3 is 14.6 Å². The van der Waals surface area contributed by atoms with Gasteiger partial charge in [0.05, 0.1) is 17.4 Å². The van der Waals surface area contributed by atoms with Crippen LogP contribution < -0.4 is 5.32 Å². The summed E-state index contributed by atoms with van der Waals surface area (Å²) < 4.78 is 11.7. The molecule has 21 heavy (non-hydrogen) atoms. The molecule has 0 radical (unpaired) electrons. The maximum Gasteiger partial charge on any atom is 0.138 e. The van der Waals surface area contributed by atoms with Crippen molar-refractivity contribution in [1.82, 2.24) is 10.5 Å². The van der Waals surface area contributed by atoms with Crippen LogP contribution in [0.15, 0.2) is 4.52 Å². The predicted molar refractivity (Wildman–Crippen MR) is 82.3 cm³/mol. The van der Waals surface area contributed by atoms with E-state index in [0.717, 1.165) is 18.0 Å². The van der Waals surface area contributed by atoms with Gasteiger partial charge in [-0.3, -0.25) is 0 Å². The summed E-state index contributed by atoms with van der Waals surface area (Å²) in [6, 6.07) is 0.266. The highest BCUT2D eigenvalue weighted by molar-refractivity contribution is 5.24. The Kier molecular flexibility index (Phi) is 4.36. The Hall–Kier alpha value is -0.870. The normalized spacial score (nSPS) is 26.3. The number of hydrogen-bond donors (Lipinski definition) is 1. The van der Waals surface area contributed by atoms with E-state index in [1.807, 2.05) is 13.8 Å². The lowest BCUT2D eigenvalue weighted by Crippen LogP contribution is -2.35. The third-order valence-electron chi connectivity index (χ3n) is 5.28. The first kappa shape index (κ1) is 15.0. The van der Waals surface area contributed by atoms with E-state index in [1.165, 1.54) is 50.5 Å². The standard InChI is InChI=1S/C17H28N2O2/c1-12(16-13(2)19-21-14(16)3)18-11-15-7-10-17(20-15)8-5-4-6-9-17/h12,15,18H,4-11H2,1-3H3. The molecule has 0 amide bonds. The van der Waals surface area contributed by atoms with Crippen molar-refractivity contribution in [2.24, 2.45) is 0 Å². The second-order valence-electron chi connectivity index (χ2n) is 6.89. The molecule has 1 aliphatic heterocycles. The molecule has 118 valence electrons. The van der Waals surface area contributed by atoms with Gasteiger partial charge in [-0.1, -0.05) is 24.4 Å². The first-order valence-corrected chi connectivity index (χ1v) is 8.44. The number of nitrogens with zero attached hydrogens (tertiary/aromatic N) is 1. The van der Waals surface area contributed by atoms with E-state index in [1.54, 1.807) is 0 Å². The van der Waals surface area contributed by atoms with Crippen LogP contribution in [0.4, 0.5) is 0 Å². The molecule has 4 nitrogen and oxygen atoms in total. The Balaban J connectivity index is 1.52. The molecule has 1 aliphatic carbocycles. The summed E-state index contributed by atoms with van der Waals surface area (Å²) in [7, 11) is 0. The zero-order chi connectivity index (χ0) is 14.9. The van der Waals surface area contributed by atoms with Crippen molar-refractivity contribution in [3.05, 3.63) is 17.0 Å². The summed E-state index contributed by atoms with van der Waals surface area (Å²) in [5.74, 6) is 0.920. The number of aromatic nitrogens is 1. The second-order valence-corrected chi connectivity index (χ2v) is 6.89. The minimum Gasteiger partial charge on any atom is -0.370 e. The van der Waals surface area contributed by atoms with Gasteiger partial charge in [-0.25, -0.2) is 0 Å². The predicted octanol–water partition coefficient (Wildman–Crippen LogP) is 3.82. The highest BCUT2D eigenvalue weighted by atomic mass is 16.5. The minimum atomic E-state index is 0.219. The third-order valence-corrected chi connectivity index (χ3v) is 5.28. The van der Waals surface area contributed by atoms with Crippen molar-refractivity contribution in [2.45, 2.75) is 83.5 Å². The summed E-state index contributed by atoms with van der Waals surface area (Å²) >= 11 is 0. The van der Waals surface area contributed by atoms with Crippen LogP contribution in [0.5, 0.6) is 0 Å². The Labute approximate surface area is 127 Å². The summed E-state index contributed by atoms with van der Waals surface area (Å²) in [4.78, 5) is 0. The fraction of sp³-hybridized carbons (Fsp3) is 0.824. The molecule has 3 rings (SSSR count). The van der Waals surface area contributed by atoms with Crippen molar-refractivity contribution < 1.29 is 9.26 Å². The number of ether oxygens (including phenoxy) is 1. The van der Waals surface area contributed by atoms with Crippen LogP contribution in [0.25, 0.3) is 0 Å². The molecule has 2 aliphatic rings. The molecule has 2 fully saturated rings. The van der Waals surface area contributed by atoms with Gasteiger partial charge in [-0.05, 0) is 46.5 Å². The van der Waals surface area contributed by atoms with Crippen LogP contribution >= 0.6 is 0 Å². The zero-order valence-electron chi connectivity index (χ0n) is 13.6. The molecular weight excluding hydrogens is 264 g/mol. The molecule has 1 saturated carbocycles. The highest BCUT2D eigenvalue weighted by Crippen LogP contribution is 2.41. The molecule has 0 bridgehead atoms. The van der Waals surface area contributed by atoms with Gasteiger partial charge >= 0.3 is 0 Å². The number of nitrogens with one attached hydrogen (secondary N) is 1. The van der Waals surface area contributed by atoms with E-state index in [2.05, 4.69) is 17.4 Å². The first-order chi connectivity index (χ1) is 10.1. The topological polar surface area (TPSA) is 47.3 Å². The lowest BCUT2D eigenvalue weighted by atomic mass is 9.83. The average Bonchev–Trinajstić information content (AvgIpc) is 3.02. The molecule has 2 unspecified atom stereocenters. The largest absolute Gasteiger partial charge is 0.370 e. The molecular formula is C17H28N2O2. The molecule has 2 atom stereocenters. The molecule has 4 heteroatoms. The zero-order valence-corrected chi connectivity index (χ0v) is 13.6. The van der Waals surface area contributed by atoms with Gasteiger partial charge in [0.15, 0.2) is 0 Å². The van der Waals surface area contributed by atoms with Gasteiger partial charge in [-0.15, -0.1) is 0 Å². The molecule has 1 spiro atoms. The van der Waals surface area contributed by atoms with Crippen LogP contribution in [-0.2, 0) is 4.74 Å². The van der Waals surface area contributed by atoms with E-state index in [0.29, 0.717) is 6.10 Å². The first-order valence-electron chi connectivity index (χ1n) is 8.44. The Morgan fingerprint density at radius 1 is 1.24 bits per heavy atom. The summed E-state index contributed by atoms with van der Waals surface area (Å²) in [6.45, 7) is 7.09. The minimum absolute atomic E-state index is 0.219. The van der Waals surface area contributed by atoms with Gasteiger partial charge in [0.25, 0.3) is 0 Å². The monoisotopic (exact) mass is 292 g/mol. The number of aryl methyl sites for hydroxylation is 2. The highest BCUT2D eigenvalue weighted by Gasteiger charge is 2.40. The van der Waals surface area contributed by atoms with Crippen LogP contribution in [0.3, 0.4) is 0 Å². The van der Waals surface area contributed by atoms with E-state index in [9.17, 15) is 0 Å². The maximum atomic E-state index is 6.42. The van der Waals surface area contributed by atoms with Crippen molar-refractivity contribution in [3.8, 4) is 0 Å². The van der Waals surface area contributed by atoms with E-state index in [4.69, 9.17) is 9.26 Å².